The summed E-state index contributed by atoms with van der Waals surface area (Å²) in [5.41, 5.74) is 0.225. The second-order valence-electron chi connectivity index (χ2n) is 6.01. The van der Waals surface area contributed by atoms with Crippen molar-refractivity contribution in [2.45, 2.75) is 12.8 Å². The van der Waals surface area contributed by atoms with Crippen molar-refractivity contribution in [3.63, 3.8) is 0 Å². The van der Waals surface area contributed by atoms with Crippen LogP contribution in [0.4, 0.5) is 0 Å². The molecule has 0 unspecified atom stereocenters. The minimum Gasteiger partial charge on any atom is -0.494 e. The van der Waals surface area contributed by atoms with Crippen LogP contribution in [0.25, 0.3) is 11.8 Å². The van der Waals surface area contributed by atoms with E-state index in [0.717, 1.165) is 0 Å². The topological polar surface area (TPSA) is 87.5 Å². The van der Waals surface area contributed by atoms with Gasteiger partial charge in [0.1, 0.15) is 11.5 Å². The van der Waals surface area contributed by atoms with Crippen molar-refractivity contribution in [3.05, 3.63) is 81.4 Å². The van der Waals surface area contributed by atoms with Gasteiger partial charge in [-0.3, -0.25) is 14.3 Å². The van der Waals surface area contributed by atoms with Gasteiger partial charge in [0, 0.05) is 6.61 Å². The largest absolute Gasteiger partial charge is 0.494 e. The van der Waals surface area contributed by atoms with E-state index in [4.69, 9.17) is 22.1 Å². The van der Waals surface area contributed by atoms with Crippen molar-refractivity contribution in [2.75, 3.05) is 6.61 Å². The van der Waals surface area contributed by atoms with Gasteiger partial charge in [0.25, 0.3) is 5.56 Å². The van der Waals surface area contributed by atoms with E-state index in [9.17, 15) is 9.90 Å². The van der Waals surface area contributed by atoms with Gasteiger partial charge in [-0.25, -0.2) is 0 Å². The summed E-state index contributed by atoms with van der Waals surface area (Å²) in [5, 5.41) is 19.4. The Kier molecular flexibility index (Phi) is 6.41. The first-order valence-electron chi connectivity index (χ1n) is 8.79. The SMILES string of the molecule is O=c1[nH]c(=S)n(-c2ccc(Oc3ccccc3)cc2)c(O)c1C=CCCCO. The predicted molar refractivity (Wildman–Crippen MR) is 111 cm³/mol. The van der Waals surface area contributed by atoms with Crippen LogP contribution in [0.15, 0.2) is 65.5 Å². The molecule has 3 rings (SSSR count). The number of para-hydroxylation sites is 1. The highest BCUT2D eigenvalue weighted by atomic mass is 32.1. The number of aromatic hydroxyl groups is 1. The lowest BCUT2D eigenvalue weighted by Gasteiger charge is -2.12. The Balaban J connectivity index is 1.91. The summed E-state index contributed by atoms with van der Waals surface area (Å²) in [7, 11) is 0. The van der Waals surface area contributed by atoms with Crippen molar-refractivity contribution >= 4 is 18.3 Å². The second kappa shape index (κ2) is 9.16. The number of aliphatic hydroxyl groups excluding tert-OH is 1. The van der Waals surface area contributed by atoms with Crippen molar-refractivity contribution in [1.29, 1.82) is 0 Å². The van der Waals surface area contributed by atoms with Gasteiger partial charge in [-0.05, 0) is 67.5 Å². The molecule has 6 nitrogen and oxygen atoms in total. The highest BCUT2D eigenvalue weighted by Crippen LogP contribution is 2.25. The van der Waals surface area contributed by atoms with Crippen LogP contribution >= 0.6 is 12.2 Å². The first-order valence-corrected chi connectivity index (χ1v) is 9.20. The van der Waals surface area contributed by atoms with E-state index in [1.165, 1.54) is 10.6 Å². The smallest absolute Gasteiger partial charge is 0.262 e. The molecule has 0 radical (unpaired) electrons. The van der Waals surface area contributed by atoms with Crippen LogP contribution in [0, 0.1) is 4.77 Å². The third-order valence-corrected chi connectivity index (χ3v) is 4.29. The highest BCUT2D eigenvalue weighted by Gasteiger charge is 2.12. The number of allylic oxidation sites excluding steroid dienone is 1. The number of aromatic nitrogens is 2. The van der Waals surface area contributed by atoms with E-state index in [1.807, 2.05) is 30.3 Å². The van der Waals surface area contributed by atoms with Crippen LogP contribution < -0.4 is 10.3 Å². The Morgan fingerprint density at radius 1 is 1.07 bits per heavy atom. The fourth-order valence-electron chi connectivity index (χ4n) is 2.63. The van der Waals surface area contributed by atoms with E-state index in [0.29, 0.717) is 30.0 Å². The zero-order chi connectivity index (χ0) is 19.9. The molecule has 0 aliphatic rings. The van der Waals surface area contributed by atoms with E-state index in [1.54, 1.807) is 30.3 Å². The molecule has 1 heterocycles. The maximum atomic E-state index is 12.1. The summed E-state index contributed by atoms with van der Waals surface area (Å²) < 4.78 is 7.23. The molecule has 1 aromatic heterocycles. The number of hydrogen-bond acceptors (Lipinski definition) is 5. The summed E-state index contributed by atoms with van der Waals surface area (Å²) in [6, 6.07) is 16.4. The summed E-state index contributed by atoms with van der Waals surface area (Å²) >= 11 is 5.22. The van der Waals surface area contributed by atoms with Crippen molar-refractivity contribution < 1.29 is 14.9 Å². The molecule has 2 aromatic carbocycles. The van der Waals surface area contributed by atoms with Gasteiger partial charge in [0.05, 0.1) is 11.3 Å². The monoisotopic (exact) mass is 396 g/mol. The molecule has 0 spiro atoms. The standard InChI is InChI=1S/C21H20N2O4S/c24-14-6-2-5-9-18-19(25)22-21(28)23(20(18)26)15-10-12-17(13-11-15)27-16-7-3-1-4-8-16/h1,3-5,7-13,24,26H,2,6,14H2,(H,22,25,28). The molecule has 144 valence electrons. The maximum absolute atomic E-state index is 12.1. The first-order chi connectivity index (χ1) is 13.6. The molecular formula is C21H20N2O4S. The van der Waals surface area contributed by atoms with Gasteiger partial charge in [-0.2, -0.15) is 0 Å². The Labute approximate surface area is 167 Å². The van der Waals surface area contributed by atoms with Gasteiger partial charge in [0.15, 0.2) is 4.77 Å². The Morgan fingerprint density at radius 3 is 2.43 bits per heavy atom. The molecule has 3 N–H and O–H groups in total. The number of unbranched alkanes of at least 4 members (excludes halogenated alkanes) is 1. The molecule has 0 fully saturated rings. The molecular weight excluding hydrogens is 376 g/mol. The Morgan fingerprint density at radius 2 is 1.75 bits per heavy atom. The number of nitrogens with one attached hydrogen (secondary N) is 1. The molecule has 0 aliphatic heterocycles. The number of rotatable bonds is 7. The average Bonchev–Trinajstić information content (AvgIpc) is 2.69. The lowest BCUT2D eigenvalue weighted by molar-refractivity contribution is 0.290. The van der Waals surface area contributed by atoms with Crippen molar-refractivity contribution in [1.82, 2.24) is 9.55 Å². The molecule has 7 heteroatoms. The van der Waals surface area contributed by atoms with Gasteiger partial charge < -0.3 is 14.9 Å². The van der Waals surface area contributed by atoms with Crippen LogP contribution in [-0.2, 0) is 0 Å². The number of benzene rings is 2. The predicted octanol–water partition coefficient (Wildman–Crippen LogP) is 4.18. The van der Waals surface area contributed by atoms with Gasteiger partial charge in [0.2, 0.25) is 5.88 Å². The van der Waals surface area contributed by atoms with Crippen LogP contribution in [0.2, 0.25) is 0 Å². The van der Waals surface area contributed by atoms with Crippen LogP contribution in [0.5, 0.6) is 17.4 Å². The summed E-state index contributed by atoms with van der Waals surface area (Å²) in [6.07, 6.45) is 4.43. The number of ether oxygens (including phenoxy) is 1. The van der Waals surface area contributed by atoms with Crippen molar-refractivity contribution in [2.24, 2.45) is 0 Å². The van der Waals surface area contributed by atoms with Crippen LogP contribution in [0.3, 0.4) is 0 Å². The molecule has 0 bridgehead atoms. The summed E-state index contributed by atoms with van der Waals surface area (Å²) in [4.78, 5) is 14.7. The lowest BCUT2D eigenvalue weighted by atomic mass is 10.2. The average molecular weight is 396 g/mol. The zero-order valence-corrected chi connectivity index (χ0v) is 15.9. The Bertz CT molecular complexity index is 1070. The third-order valence-electron chi connectivity index (χ3n) is 4.01. The molecule has 0 atom stereocenters. The van der Waals surface area contributed by atoms with Gasteiger partial charge in [-0.15, -0.1) is 0 Å². The minimum atomic E-state index is -0.469. The molecule has 0 amide bonds. The summed E-state index contributed by atoms with van der Waals surface area (Å²) in [6.45, 7) is 0.0647. The minimum absolute atomic E-state index is 0.0647. The van der Waals surface area contributed by atoms with Crippen LogP contribution in [-0.4, -0.2) is 26.4 Å². The van der Waals surface area contributed by atoms with Crippen molar-refractivity contribution in [3.8, 4) is 23.1 Å². The van der Waals surface area contributed by atoms with Gasteiger partial charge >= 0.3 is 0 Å². The second-order valence-corrected chi connectivity index (χ2v) is 6.40. The first kappa shape index (κ1) is 19.6. The molecule has 0 saturated carbocycles. The summed E-state index contributed by atoms with van der Waals surface area (Å²) in [5.74, 6) is 1.11. The highest BCUT2D eigenvalue weighted by molar-refractivity contribution is 7.71. The van der Waals surface area contributed by atoms with Crippen LogP contribution in [0.1, 0.15) is 18.4 Å². The quantitative estimate of drug-likeness (QED) is 0.412. The fraction of sp³-hybridized carbons (Fsp3) is 0.143. The number of aromatic amines is 1. The number of aliphatic hydroxyl groups is 1. The fourth-order valence-corrected chi connectivity index (χ4v) is 2.91. The number of H-pyrrole nitrogens is 1. The van der Waals surface area contributed by atoms with E-state index in [2.05, 4.69) is 4.98 Å². The van der Waals surface area contributed by atoms with E-state index < -0.39 is 5.56 Å². The van der Waals surface area contributed by atoms with E-state index >= 15 is 0 Å². The lowest BCUT2D eigenvalue weighted by Crippen LogP contribution is -2.15. The molecule has 28 heavy (non-hydrogen) atoms. The van der Waals surface area contributed by atoms with Gasteiger partial charge in [-0.1, -0.05) is 24.3 Å². The molecule has 0 saturated heterocycles. The zero-order valence-electron chi connectivity index (χ0n) is 15.0. The molecule has 0 aliphatic carbocycles. The third kappa shape index (κ3) is 4.57. The number of nitrogens with zero attached hydrogens (tertiary/aromatic N) is 1. The number of hydrogen-bond donors (Lipinski definition) is 3. The Hall–Kier alpha value is -3.16. The van der Waals surface area contributed by atoms with E-state index in [-0.39, 0.29) is 22.8 Å². The molecule has 3 aromatic rings. The maximum Gasteiger partial charge on any atom is 0.262 e. The normalized spacial score (nSPS) is 11.0.